The summed E-state index contributed by atoms with van der Waals surface area (Å²) in [5, 5.41) is 4.27. The Hall–Kier alpha value is -0.940. The van der Waals surface area contributed by atoms with Gasteiger partial charge in [-0.05, 0) is 11.8 Å². The molecular formula is C12H25N5. The predicted molar refractivity (Wildman–Crippen MR) is 69.1 cm³/mol. The zero-order valence-electron chi connectivity index (χ0n) is 11.3. The Morgan fingerprint density at radius 3 is 2.65 bits per heavy atom. The highest BCUT2D eigenvalue weighted by Crippen LogP contribution is 2.12. The van der Waals surface area contributed by atoms with Crippen LogP contribution in [0, 0.1) is 11.8 Å². The molecule has 1 aromatic rings. The highest BCUT2D eigenvalue weighted by molar-refractivity contribution is 4.91. The average molecular weight is 239 g/mol. The number of hydrogen-bond donors (Lipinski definition) is 2. The van der Waals surface area contributed by atoms with Crippen LogP contribution in [0.5, 0.6) is 0 Å². The quantitative estimate of drug-likeness (QED) is 0.557. The van der Waals surface area contributed by atoms with E-state index in [0.717, 1.165) is 25.2 Å². The van der Waals surface area contributed by atoms with Crippen LogP contribution in [-0.4, -0.2) is 20.8 Å². The lowest BCUT2D eigenvalue weighted by molar-refractivity contribution is 0.354. The first-order chi connectivity index (χ1) is 8.08. The van der Waals surface area contributed by atoms with Gasteiger partial charge in [0, 0.05) is 19.0 Å². The van der Waals surface area contributed by atoms with Gasteiger partial charge in [-0.25, -0.2) is 9.67 Å². The van der Waals surface area contributed by atoms with E-state index in [0.29, 0.717) is 11.8 Å². The highest BCUT2D eigenvalue weighted by Gasteiger charge is 2.18. The molecule has 1 rings (SSSR count). The number of aromatic nitrogens is 3. The van der Waals surface area contributed by atoms with Crippen molar-refractivity contribution < 1.29 is 0 Å². The highest BCUT2D eigenvalue weighted by atomic mass is 15.3. The fourth-order valence-electron chi connectivity index (χ4n) is 1.85. The first-order valence-corrected chi connectivity index (χ1v) is 6.41. The number of hydrazine groups is 1. The fraction of sp³-hybridized carbons (Fsp3) is 0.833. The van der Waals surface area contributed by atoms with E-state index in [1.807, 2.05) is 4.68 Å². The summed E-state index contributed by atoms with van der Waals surface area (Å²) in [5.74, 6) is 7.73. The third kappa shape index (κ3) is 4.09. The van der Waals surface area contributed by atoms with Crippen molar-refractivity contribution in [3.63, 3.8) is 0 Å². The molecule has 17 heavy (non-hydrogen) atoms. The monoisotopic (exact) mass is 239 g/mol. The maximum atomic E-state index is 5.61. The molecule has 0 aliphatic carbocycles. The van der Waals surface area contributed by atoms with Crippen LogP contribution in [-0.2, 0) is 13.0 Å². The second-order valence-electron chi connectivity index (χ2n) is 5.12. The Bertz CT molecular complexity index is 320. The molecule has 0 spiro atoms. The Morgan fingerprint density at radius 2 is 2.12 bits per heavy atom. The number of nitrogens with two attached hydrogens (primary N) is 1. The van der Waals surface area contributed by atoms with E-state index in [9.17, 15) is 0 Å². The smallest absolute Gasteiger partial charge is 0.138 e. The van der Waals surface area contributed by atoms with Crippen molar-refractivity contribution in [1.29, 1.82) is 0 Å². The molecule has 98 valence electrons. The molecule has 0 saturated heterocycles. The first kappa shape index (κ1) is 14.1. The van der Waals surface area contributed by atoms with Crippen molar-refractivity contribution in [3.05, 3.63) is 12.2 Å². The van der Waals surface area contributed by atoms with Crippen molar-refractivity contribution >= 4 is 0 Å². The van der Waals surface area contributed by atoms with Crippen molar-refractivity contribution in [1.82, 2.24) is 20.2 Å². The van der Waals surface area contributed by atoms with Crippen molar-refractivity contribution in [2.45, 2.75) is 53.1 Å². The second-order valence-corrected chi connectivity index (χ2v) is 5.12. The molecule has 0 radical (unpaired) electrons. The lowest BCUT2D eigenvalue weighted by Gasteiger charge is -2.22. The summed E-state index contributed by atoms with van der Waals surface area (Å²) in [6.07, 6.45) is 3.56. The Morgan fingerprint density at radius 1 is 1.41 bits per heavy atom. The van der Waals surface area contributed by atoms with Gasteiger partial charge in [0.15, 0.2) is 0 Å². The SMILES string of the molecule is CCC(C)C(Cc1ncnn1CC(C)C)NN. The molecule has 0 amide bonds. The third-order valence-electron chi connectivity index (χ3n) is 3.18. The third-order valence-corrected chi connectivity index (χ3v) is 3.18. The summed E-state index contributed by atoms with van der Waals surface area (Å²) < 4.78 is 1.98. The zero-order chi connectivity index (χ0) is 12.8. The molecular weight excluding hydrogens is 214 g/mol. The van der Waals surface area contributed by atoms with Crippen LogP contribution < -0.4 is 11.3 Å². The fourth-order valence-corrected chi connectivity index (χ4v) is 1.85. The van der Waals surface area contributed by atoms with Crippen LogP contribution in [0.25, 0.3) is 0 Å². The van der Waals surface area contributed by atoms with Crippen LogP contribution >= 0.6 is 0 Å². The van der Waals surface area contributed by atoms with Crippen molar-refractivity contribution in [2.75, 3.05) is 0 Å². The van der Waals surface area contributed by atoms with E-state index in [-0.39, 0.29) is 6.04 Å². The minimum atomic E-state index is 0.259. The molecule has 0 aliphatic rings. The Labute approximate surface area is 104 Å². The molecule has 2 unspecified atom stereocenters. The molecule has 0 bridgehead atoms. The van der Waals surface area contributed by atoms with Gasteiger partial charge in [-0.2, -0.15) is 5.10 Å². The number of rotatable bonds is 7. The largest absolute Gasteiger partial charge is 0.271 e. The summed E-state index contributed by atoms with van der Waals surface area (Å²) in [7, 11) is 0. The van der Waals surface area contributed by atoms with Crippen LogP contribution in [0.1, 0.15) is 39.9 Å². The van der Waals surface area contributed by atoms with E-state index in [1.165, 1.54) is 0 Å². The van der Waals surface area contributed by atoms with E-state index >= 15 is 0 Å². The van der Waals surface area contributed by atoms with Gasteiger partial charge in [0.2, 0.25) is 0 Å². The van der Waals surface area contributed by atoms with Gasteiger partial charge in [0.25, 0.3) is 0 Å². The Kier molecular flexibility index (Phi) is 5.58. The summed E-state index contributed by atoms with van der Waals surface area (Å²) >= 11 is 0. The first-order valence-electron chi connectivity index (χ1n) is 6.41. The maximum absolute atomic E-state index is 5.61. The van der Waals surface area contributed by atoms with Crippen LogP contribution in [0.3, 0.4) is 0 Å². The minimum absolute atomic E-state index is 0.259. The number of hydrogen-bond acceptors (Lipinski definition) is 4. The van der Waals surface area contributed by atoms with Gasteiger partial charge in [-0.3, -0.25) is 11.3 Å². The topological polar surface area (TPSA) is 68.8 Å². The number of nitrogens with zero attached hydrogens (tertiary/aromatic N) is 3. The average Bonchev–Trinajstić information content (AvgIpc) is 2.71. The molecule has 0 aliphatic heterocycles. The van der Waals surface area contributed by atoms with Gasteiger partial charge >= 0.3 is 0 Å². The van der Waals surface area contributed by atoms with Crippen LogP contribution in [0.2, 0.25) is 0 Å². The molecule has 3 N–H and O–H groups in total. The molecule has 1 heterocycles. The van der Waals surface area contributed by atoms with Crippen LogP contribution in [0.4, 0.5) is 0 Å². The Balaban J connectivity index is 2.69. The predicted octanol–water partition coefficient (Wildman–Crippen LogP) is 1.35. The summed E-state index contributed by atoms with van der Waals surface area (Å²) in [6.45, 7) is 9.65. The molecule has 5 nitrogen and oxygen atoms in total. The van der Waals surface area contributed by atoms with Crippen molar-refractivity contribution in [2.24, 2.45) is 17.7 Å². The summed E-state index contributed by atoms with van der Waals surface area (Å²) in [5.41, 5.74) is 2.89. The van der Waals surface area contributed by atoms with E-state index < -0.39 is 0 Å². The van der Waals surface area contributed by atoms with E-state index in [4.69, 9.17) is 5.84 Å². The van der Waals surface area contributed by atoms with Gasteiger partial charge < -0.3 is 0 Å². The van der Waals surface area contributed by atoms with Gasteiger partial charge in [0.1, 0.15) is 12.2 Å². The van der Waals surface area contributed by atoms with Gasteiger partial charge in [-0.15, -0.1) is 0 Å². The minimum Gasteiger partial charge on any atom is -0.271 e. The standard InChI is InChI=1S/C12H25N5/c1-5-10(4)11(16-13)6-12-14-8-15-17(12)7-9(2)3/h8-11,16H,5-7,13H2,1-4H3. The molecule has 5 heteroatoms. The molecule has 1 aromatic heterocycles. The molecule has 0 aromatic carbocycles. The van der Waals surface area contributed by atoms with Gasteiger partial charge in [0.05, 0.1) is 0 Å². The number of nitrogens with one attached hydrogen (secondary N) is 1. The lowest BCUT2D eigenvalue weighted by atomic mass is 9.96. The molecule has 0 saturated carbocycles. The van der Waals surface area contributed by atoms with Crippen molar-refractivity contribution in [3.8, 4) is 0 Å². The van der Waals surface area contributed by atoms with E-state index in [2.05, 4.69) is 43.2 Å². The molecule has 0 fully saturated rings. The van der Waals surface area contributed by atoms with E-state index in [1.54, 1.807) is 6.33 Å². The van der Waals surface area contributed by atoms with Crippen LogP contribution in [0.15, 0.2) is 6.33 Å². The summed E-state index contributed by atoms with van der Waals surface area (Å²) in [6, 6.07) is 0.259. The summed E-state index contributed by atoms with van der Waals surface area (Å²) in [4.78, 5) is 4.33. The zero-order valence-corrected chi connectivity index (χ0v) is 11.3. The second kappa shape index (κ2) is 6.71. The maximum Gasteiger partial charge on any atom is 0.138 e. The lowest BCUT2D eigenvalue weighted by Crippen LogP contribution is -2.42. The van der Waals surface area contributed by atoms with Gasteiger partial charge in [-0.1, -0.05) is 34.1 Å². The normalized spacial score (nSPS) is 15.2. The molecule has 2 atom stereocenters.